The lowest BCUT2D eigenvalue weighted by Crippen LogP contribution is -2.21. The van der Waals surface area contributed by atoms with E-state index >= 15 is 0 Å². The first-order valence-electron chi connectivity index (χ1n) is 7.03. The Kier molecular flexibility index (Phi) is 4.62. The lowest BCUT2D eigenvalue weighted by atomic mass is 9.77. The molecule has 0 bridgehead atoms. The second-order valence-corrected chi connectivity index (χ2v) is 5.84. The zero-order valence-corrected chi connectivity index (χ0v) is 12.8. The van der Waals surface area contributed by atoms with Crippen LogP contribution in [0.1, 0.15) is 50.0 Å². The van der Waals surface area contributed by atoms with Crippen LogP contribution in [0, 0.1) is 5.41 Å². The summed E-state index contributed by atoms with van der Waals surface area (Å²) in [4.78, 5) is 0. The summed E-state index contributed by atoms with van der Waals surface area (Å²) in [5, 5.41) is 0.0554. The predicted molar refractivity (Wildman–Crippen MR) is 79.3 cm³/mol. The van der Waals surface area contributed by atoms with Gasteiger partial charge in [-0.25, -0.2) is 0 Å². The third kappa shape index (κ3) is 2.69. The van der Waals surface area contributed by atoms with E-state index in [2.05, 4.69) is 13.0 Å². The largest absolute Gasteiger partial charge is 0.493 e. The summed E-state index contributed by atoms with van der Waals surface area (Å²) < 4.78 is 10.7. The Hall–Kier alpha value is -0.890. The van der Waals surface area contributed by atoms with Gasteiger partial charge in [-0.15, -0.1) is 11.6 Å². The van der Waals surface area contributed by atoms with Crippen LogP contribution >= 0.6 is 11.6 Å². The highest BCUT2D eigenvalue weighted by atomic mass is 35.5. The Morgan fingerprint density at radius 2 is 1.79 bits per heavy atom. The number of halogens is 1. The standard InChI is InChI=1S/C16H23ClO2/c1-4-16(9-5-6-10-16)15(17)12-7-8-13(18-2)14(11-12)19-3/h7-8,11,15H,4-6,9-10H2,1-3H3. The highest BCUT2D eigenvalue weighted by molar-refractivity contribution is 6.21. The third-order valence-electron chi connectivity index (χ3n) is 4.54. The van der Waals surface area contributed by atoms with Crippen LogP contribution in [-0.4, -0.2) is 14.2 Å². The minimum atomic E-state index is 0.0554. The Labute approximate surface area is 121 Å². The molecule has 19 heavy (non-hydrogen) atoms. The van der Waals surface area contributed by atoms with Gasteiger partial charge in [-0.1, -0.05) is 25.8 Å². The van der Waals surface area contributed by atoms with Crippen molar-refractivity contribution < 1.29 is 9.47 Å². The van der Waals surface area contributed by atoms with Crippen molar-refractivity contribution in [2.24, 2.45) is 5.41 Å². The molecular formula is C16H23ClO2. The zero-order valence-electron chi connectivity index (χ0n) is 12.0. The normalized spacial score (nSPS) is 19.2. The fraction of sp³-hybridized carbons (Fsp3) is 0.625. The van der Waals surface area contributed by atoms with Gasteiger partial charge in [-0.3, -0.25) is 0 Å². The van der Waals surface area contributed by atoms with Crippen molar-refractivity contribution in [3.8, 4) is 11.5 Å². The molecule has 1 unspecified atom stereocenters. The van der Waals surface area contributed by atoms with Gasteiger partial charge in [-0.2, -0.15) is 0 Å². The monoisotopic (exact) mass is 282 g/mol. The average Bonchev–Trinajstić information content (AvgIpc) is 2.95. The molecule has 2 nitrogen and oxygen atoms in total. The van der Waals surface area contributed by atoms with E-state index in [1.165, 1.54) is 25.7 Å². The van der Waals surface area contributed by atoms with Crippen molar-refractivity contribution in [1.82, 2.24) is 0 Å². The Morgan fingerprint density at radius 1 is 1.16 bits per heavy atom. The van der Waals surface area contributed by atoms with E-state index in [0.717, 1.165) is 23.5 Å². The number of hydrogen-bond acceptors (Lipinski definition) is 2. The van der Waals surface area contributed by atoms with Crippen LogP contribution < -0.4 is 9.47 Å². The molecule has 1 atom stereocenters. The van der Waals surface area contributed by atoms with E-state index in [4.69, 9.17) is 21.1 Å². The maximum absolute atomic E-state index is 6.80. The minimum absolute atomic E-state index is 0.0554. The van der Waals surface area contributed by atoms with Crippen LogP contribution in [0.5, 0.6) is 11.5 Å². The summed E-state index contributed by atoms with van der Waals surface area (Å²) in [6, 6.07) is 6.03. The van der Waals surface area contributed by atoms with E-state index in [1.807, 2.05) is 12.1 Å². The summed E-state index contributed by atoms with van der Waals surface area (Å²) in [5.74, 6) is 1.52. The second kappa shape index (κ2) is 6.04. The summed E-state index contributed by atoms with van der Waals surface area (Å²) in [6.07, 6.45) is 6.18. The van der Waals surface area contributed by atoms with Crippen LogP contribution in [0.25, 0.3) is 0 Å². The Morgan fingerprint density at radius 3 is 2.32 bits per heavy atom. The fourth-order valence-corrected chi connectivity index (χ4v) is 3.74. The van der Waals surface area contributed by atoms with Gasteiger partial charge in [0.1, 0.15) is 0 Å². The molecule has 0 aliphatic heterocycles. The topological polar surface area (TPSA) is 18.5 Å². The summed E-state index contributed by atoms with van der Waals surface area (Å²) >= 11 is 6.80. The maximum atomic E-state index is 6.80. The molecule has 2 rings (SSSR count). The van der Waals surface area contributed by atoms with Crippen molar-refractivity contribution in [2.45, 2.75) is 44.4 Å². The molecule has 1 aromatic carbocycles. The van der Waals surface area contributed by atoms with Gasteiger partial charge in [0.25, 0.3) is 0 Å². The smallest absolute Gasteiger partial charge is 0.161 e. The van der Waals surface area contributed by atoms with Gasteiger partial charge in [0.2, 0.25) is 0 Å². The predicted octanol–water partition coefficient (Wildman–Crippen LogP) is 4.95. The molecule has 3 heteroatoms. The molecular weight excluding hydrogens is 260 g/mol. The average molecular weight is 283 g/mol. The number of ether oxygens (including phenoxy) is 2. The lowest BCUT2D eigenvalue weighted by molar-refractivity contribution is 0.270. The zero-order chi connectivity index (χ0) is 13.9. The van der Waals surface area contributed by atoms with Crippen molar-refractivity contribution in [3.63, 3.8) is 0 Å². The Bertz CT molecular complexity index is 425. The van der Waals surface area contributed by atoms with Gasteiger partial charge < -0.3 is 9.47 Å². The van der Waals surface area contributed by atoms with E-state index < -0.39 is 0 Å². The third-order valence-corrected chi connectivity index (χ3v) is 5.26. The SMILES string of the molecule is CCC1(C(Cl)c2ccc(OC)c(OC)c2)CCCC1. The summed E-state index contributed by atoms with van der Waals surface area (Å²) in [5.41, 5.74) is 1.39. The number of alkyl halides is 1. The van der Waals surface area contributed by atoms with E-state index in [1.54, 1.807) is 14.2 Å². The number of rotatable bonds is 5. The van der Waals surface area contributed by atoms with E-state index in [-0.39, 0.29) is 10.8 Å². The van der Waals surface area contributed by atoms with Gasteiger partial charge in [0, 0.05) is 0 Å². The lowest BCUT2D eigenvalue weighted by Gasteiger charge is -2.33. The van der Waals surface area contributed by atoms with Gasteiger partial charge >= 0.3 is 0 Å². The Balaban J connectivity index is 2.30. The first-order chi connectivity index (χ1) is 9.16. The van der Waals surface area contributed by atoms with Gasteiger partial charge in [-0.05, 0) is 42.4 Å². The molecule has 0 N–H and O–H groups in total. The second-order valence-electron chi connectivity index (χ2n) is 5.40. The molecule has 1 saturated carbocycles. The maximum Gasteiger partial charge on any atom is 0.161 e. The molecule has 0 amide bonds. The summed E-state index contributed by atoms with van der Waals surface area (Å²) in [7, 11) is 3.32. The number of hydrogen-bond donors (Lipinski definition) is 0. The molecule has 0 radical (unpaired) electrons. The van der Waals surface area contributed by atoms with Crippen LogP contribution in [-0.2, 0) is 0 Å². The molecule has 0 aromatic heterocycles. The number of benzene rings is 1. The minimum Gasteiger partial charge on any atom is -0.493 e. The van der Waals surface area contributed by atoms with E-state index in [9.17, 15) is 0 Å². The molecule has 0 heterocycles. The molecule has 1 aromatic rings. The van der Waals surface area contributed by atoms with Crippen molar-refractivity contribution in [1.29, 1.82) is 0 Å². The van der Waals surface area contributed by atoms with Crippen molar-refractivity contribution in [3.05, 3.63) is 23.8 Å². The molecule has 1 aliphatic carbocycles. The van der Waals surface area contributed by atoms with E-state index in [0.29, 0.717) is 0 Å². The highest BCUT2D eigenvalue weighted by Gasteiger charge is 2.39. The van der Waals surface area contributed by atoms with Crippen molar-refractivity contribution in [2.75, 3.05) is 14.2 Å². The van der Waals surface area contributed by atoms with Crippen LogP contribution in [0.15, 0.2) is 18.2 Å². The molecule has 1 aliphatic rings. The van der Waals surface area contributed by atoms with Crippen molar-refractivity contribution >= 4 is 11.6 Å². The summed E-state index contributed by atoms with van der Waals surface area (Å²) in [6.45, 7) is 2.25. The van der Waals surface area contributed by atoms with Gasteiger partial charge in [0.05, 0.1) is 19.6 Å². The molecule has 106 valence electrons. The first-order valence-corrected chi connectivity index (χ1v) is 7.46. The van der Waals surface area contributed by atoms with Gasteiger partial charge in [0.15, 0.2) is 11.5 Å². The first kappa shape index (κ1) is 14.5. The number of methoxy groups -OCH3 is 2. The molecule has 0 spiro atoms. The fourth-order valence-electron chi connectivity index (χ4n) is 3.23. The molecule has 0 saturated heterocycles. The quantitative estimate of drug-likeness (QED) is 0.711. The van der Waals surface area contributed by atoms with Crippen LogP contribution in [0.4, 0.5) is 0 Å². The van der Waals surface area contributed by atoms with Crippen LogP contribution in [0.3, 0.4) is 0 Å². The highest BCUT2D eigenvalue weighted by Crippen LogP contribution is 2.53. The van der Waals surface area contributed by atoms with Crippen LogP contribution in [0.2, 0.25) is 0 Å². The molecule has 1 fully saturated rings.